The van der Waals surface area contributed by atoms with E-state index in [4.69, 9.17) is 11.6 Å². The van der Waals surface area contributed by atoms with Crippen molar-refractivity contribution in [3.63, 3.8) is 0 Å². The summed E-state index contributed by atoms with van der Waals surface area (Å²) in [7, 11) is 0. The van der Waals surface area contributed by atoms with Crippen molar-refractivity contribution in [3.8, 4) is 0 Å². The van der Waals surface area contributed by atoms with Gasteiger partial charge in [0.05, 0.1) is 18.3 Å². The van der Waals surface area contributed by atoms with E-state index >= 15 is 0 Å². The average molecular weight is 477 g/mol. The molecule has 1 fully saturated rings. The molecule has 5 N–H and O–H groups in total. The molecule has 2 aromatic carbocycles. The van der Waals surface area contributed by atoms with Crippen LogP contribution in [-0.4, -0.2) is 56.7 Å². The summed E-state index contributed by atoms with van der Waals surface area (Å²) >= 11 is 0. The Hall–Kier alpha value is -3.56. The number of likely N-dealkylation sites (tertiary alicyclic amines) is 1. The molecule has 0 bridgehead atoms. The fourth-order valence-electron chi connectivity index (χ4n) is 4.67. The van der Waals surface area contributed by atoms with E-state index in [1.54, 1.807) is 11.1 Å². The van der Waals surface area contributed by atoms with Gasteiger partial charge in [0.1, 0.15) is 0 Å². The largest absolute Gasteiger partial charge is 0.348 e. The highest BCUT2D eigenvalue weighted by Crippen LogP contribution is 2.24. The lowest BCUT2D eigenvalue weighted by molar-refractivity contribution is -0.151. The number of hydrogen-bond acceptors (Lipinski definition) is 6. The number of imide groups is 1. The number of H-pyrrole nitrogens is 1. The average Bonchev–Trinajstić information content (AvgIpc) is 3.40. The second-order valence-corrected chi connectivity index (χ2v) is 9.12. The number of imidazole rings is 1. The van der Waals surface area contributed by atoms with E-state index in [0.717, 1.165) is 35.6 Å². The van der Waals surface area contributed by atoms with E-state index in [1.165, 1.54) is 6.33 Å². The number of carbonyl (C=O) groups is 3. The summed E-state index contributed by atoms with van der Waals surface area (Å²) in [5, 5.41) is 2.64. The summed E-state index contributed by atoms with van der Waals surface area (Å²) in [4.78, 5) is 48.1. The molecule has 3 aromatic rings. The molecule has 3 amide bonds. The van der Waals surface area contributed by atoms with Gasteiger partial charge in [-0.1, -0.05) is 42.5 Å². The van der Waals surface area contributed by atoms with Crippen molar-refractivity contribution in [1.29, 1.82) is 0 Å². The first-order valence-electron chi connectivity index (χ1n) is 12.0. The molecule has 9 nitrogen and oxygen atoms in total. The first kappa shape index (κ1) is 24.6. The molecule has 1 aliphatic heterocycles. The van der Waals surface area contributed by atoms with Crippen LogP contribution < -0.4 is 11.6 Å². The van der Waals surface area contributed by atoms with Gasteiger partial charge in [-0.3, -0.25) is 14.4 Å². The summed E-state index contributed by atoms with van der Waals surface area (Å²) in [6, 6.07) is 12.7. The van der Waals surface area contributed by atoms with Gasteiger partial charge >= 0.3 is 0 Å². The number of carbonyl (C=O) groups excluding carboxylic acids is 3. The normalized spacial score (nSPS) is 15.5. The maximum atomic E-state index is 13.5. The molecule has 184 valence electrons. The van der Waals surface area contributed by atoms with Crippen LogP contribution in [-0.2, 0) is 27.2 Å². The zero-order valence-electron chi connectivity index (χ0n) is 19.7. The Morgan fingerprint density at radius 1 is 1.00 bits per heavy atom. The Balaban J connectivity index is 1.55. The van der Waals surface area contributed by atoms with Crippen LogP contribution in [0.3, 0.4) is 0 Å². The van der Waals surface area contributed by atoms with Gasteiger partial charge in [0.25, 0.3) is 5.91 Å². The highest BCUT2D eigenvalue weighted by atomic mass is 16.2. The van der Waals surface area contributed by atoms with Gasteiger partial charge in [0.2, 0.25) is 11.8 Å². The van der Waals surface area contributed by atoms with Gasteiger partial charge in [-0.15, -0.1) is 0 Å². The molecule has 1 saturated heterocycles. The fraction of sp³-hybridized carbons (Fsp3) is 0.385. The quantitative estimate of drug-likeness (QED) is 0.258. The predicted molar refractivity (Wildman–Crippen MR) is 132 cm³/mol. The molecule has 1 aromatic heterocycles. The van der Waals surface area contributed by atoms with Gasteiger partial charge in [-0.05, 0) is 42.0 Å². The van der Waals surface area contributed by atoms with Crippen molar-refractivity contribution in [1.82, 2.24) is 19.9 Å². The van der Waals surface area contributed by atoms with Crippen LogP contribution in [0.15, 0.2) is 55.0 Å². The highest BCUT2D eigenvalue weighted by Gasteiger charge is 2.33. The summed E-state index contributed by atoms with van der Waals surface area (Å²) in [6.45, 7) is 1.38. The molecule has 0 saturated carbocycles. The molecule has 4 rings (SSSR count). The maximum Gasteiger partial charge on any atom is 0.260 e. The topological polar surface area (TPSA) is 138 Å². The first-order chi connectivity index (χ1) is 16.9. The summed E-state index contributed by atoms with van der Waals surface area (Å²) in [5.41, 5.74) is 7.64. The van der Waals surface area contributed by atoms with E-state index in [1.807, 2.05) is 42.5 Å². The smallest absolute Gasteiger partial charge is 0.260 e. The highest BCUT2D eigenvalue weighted by molar-refractivity contribution is 5.99. The van der Waals surface area contributed by atoms with E-state index in [-0.39, 0.29) is 25.2 Å². The SMILES string of the molecule is N[C@@H](Cc1cnc[nH]1)C(=O)N(N)C(=O)C(CC(=O)N1CCCCC1)Cc1cccc2ccccc12. The van der Waals surface area contributed by atoms with Crippen LogP contribution in [0.25, 0.3) is 10.8 Å². The number of hydrogen-bond donors (Lipinski definition) is 3. The molecule has 2 heterocycles. The number of nitrogens with zero attached hydrogens (tertiary/aromatic N) is 3. The van der Waals surface area contributed by atoms with E-state index in [0.29, 0.717) is 23.8 Å². The number of aromatic amines is 1. The third-order valence-corrected chi connectivity index (χ3v) is 6.61. The molecule has 1 aliphatic rings. The molecule has 0 spiro atoms. The van der Waals surface area contributed by atoms with E-state index < -0.39 is 23.8 Å². The van der Waals surface area contributed by atoms with Gasteiger partial charge in [0.15, 0.2) is 0 Å². The predicted octanol–water partition coefficient (Wildman–Crippen LogP) is 1.92. The van der Waals surface area contributed by atoms with Crippen LogP contribution in [0.4, 0.5) is 0 Å². The number of rotatable bonds is 8. The number of hydrazine groups is 1. The Labute approximate surface area is 204 Å². The van der Waals surface area contributed by atoms with Gasteiger partial charge in [0, 0.05) is 37.8 Å². The third-order valence-electron chi connectivity index (χ3n) is 6.61. The second kappa shape index (κ2) is 11.2. The third kappa shape index (κ3) is 5.93. The fourth-order valence-corrected chi connectivity index (χ4v) is 4.67. The van der Waals surface area contributed by atoms with E-state index in [2.05, 4.69) is 9.97 Å². The molecule has 35 heavy (non-hydrogen) atoms. The zero-order chi connectivity index (χ0) is 24.8. The summed E-state index contributed by atoms with van der Waals surface area (Å²) in [6.07, 6.45) is 6.51. The molecule has 0 aliphatic carbocycles. The van der Waals surface area contributed by atoms with Gasteiger partial charge in [-0.2, -0.15) is 0 Å². The maximum absolute atomic E-state index is 13.5. The minimum absolute atomic E-state index is 0.0151. The Kier molecular flexibility index (Phi) is 7.89. The number of amides is 3. The summed E-state index contributed by atoms with van der Waals surface area (Å²) < 4.78 is 0. The molecule has 0 radical (unpaired) electrons. The Morgan fingerprint density at radius 3 is 2.49 bits per heavy atom. The Bertz CT molecular complexity index is 1170. The molecular weight excluding hydrogens is 444 g/mol. The molecule has 1 unspecified atom stereocenters. The molecule has 9 heteroatoms. The van der Waals surface area contributed by atoms with Crippen molar-refractivity contribution in [2.45, 2.75) is 44.6 Å². The van der Waals surface area contributed by atoms with Gasteiger partial charge < -0.3 is 15.6 Å². The van der Waals surface area contributed by atoms with Crippen LogP contribution in [0.5, 0.6) is 0 Å². The Morgan fingerprint density at radius 2 is 1.74 bits per heavy atom. The van der Waals surface area contributed by atoms with Crippen molar-refractivity contribution < 1.29 is 14.4 Å². The second-order valence-electron chi connectivity index (χ2n) is 9.12. The number of fused-ring (bicyclic) bond motifs is 1. The first-order valence-corrected chi connectivity index (χ1v) is 12.0. The number of nitrogens with two attached hydrogens (primary N) is 2. The van der Waals surface area contributed by atoms with Crippen LogP contribution >= 0.6 is 0 Å². The lowest BCUT2D eigenvalue weighted by atomic mass is 9.91. The zero-order valence-corrected chi connectivity index (χ0v) is 19.7. The van der Waals surface area contributed by atoms with Crippen molar-refractivity contribution in [2.24, 2.45) is 17.5 Å². The summed E-state index contributed by atoms with van der Waals surface area (Å²) in [5.74, 6) is 3.84. The van der Waals surface area contributed by atoms with E-state index in [9.17, 15) is 14.4 Å². The lowest BCUT2D eigenvalue weighted by Gasteiger charge is -2.29. The van der Waals surface area contributed by atoms with Crippen LogP contribution in [0, 0.1) is 5.92 Å². The minimum Gasteiger partial charge on any atom is -0.348 e. The number of benzene rings is 2. The number of piperidine rings is 1. The van der Waals surface area contributed by atoms with Crippen molar-refractivity contribution in [3.05, 3.63) is 66.2 Å². The number of aromatic nitrogens is 2. The number of nitrogens with one attached hydrogen (secondary N) is 1. The van der Waals surface area contributed by atoms with Crippen molar-refractivity contribution in [2.75, 3.05) is 13.1 Å². The van der Waals surface area contributed by atoms with Crippen LogP contribution in [0.2, 0.25) is 0 Å². The molecular formula is C26H32N6O3. The lowest BCUT2D eigenvalue weighted by Crippen LogP contribution is -2.54. The standard InChI is InChI=1S/C26H32N6O3/c27-23(15-21-16-29-17-30-21)26(35)32(28)25(34)20(14-24(33)31-11-4-1-5-12-31)13-19-9-6-8-18-7-2-3-10-22(18)19/h2-3,6-10,16-17,20,23H,1,4-5,11-15,27-28H2,(H,29,30)/t20?,23-/m0/s1. The molecule has 2 atom stereocenters. The monoisotopic (exact) mass is 476 g/mol. The van der Waals surface area contributed by atoms with Gasteiger partial charge in [-0.25, -0.2) is 15.8 Å². The minimum atomic E-state index is -1.01. The van der Waals surface area contributed by atoms with Crippen molar-refractivity contribution >= 4 is 28.5 Å². The van der Waals surface area contributed by atoms with Crippen LogP contribution in [0.1, 0.15) is 36.9 Å².